The van der Waals surface area contributed by atoms with Gasteiger partial charge in [0.25, 0.3) is 0 Å². The molecular formula is C10H16N4OS. The zero-order valence-corrected chi connectivity index (χ0v) is 10.2. The minimum atomic E-state index is 0.0599. The first-order valence-electron chi connectivity index (χ1n) is 5.14. The second kappa shape index (κ2) is 4.92. The Hall–Kier alpha value is -0.950. The third-order valence-electron chi connectivity index (χ3n) is 2.72. The summed E-state index contributed by atoms with van der Waals surface area (Å²) in [6, 6.07) is 0.0783. The molecule has 16 heavy (non-hydrogen) atoms. The molecule has 2 aromatic rings. The van der Waals surface area contributed by atoms with Gasteiger partial charge >= 0.3 is 0 Å². The minimum absolute atomic E-state index is 0.0599. The highest BCUT2D eigenvalue weighted by Gasteiger charge is 2.17. The van der Waals surface area contributed by atoms with Crippen molar-refractivity contribution in [3.05, 3.63) is 23.5 Å². The van der Waals surface area contributed by atoms with E-state index in [0.717, 1.165) is 17.1 Å². The van der Waals surface area contributed by atoms with E-state index in [4.69, 9.17) is 10.6 Å². The Balaban J connectivity index is 2.10. The smallest absolute Gasteiger partial charge is 0.193 e. The van der Waals surface area contributed by atoms with Gasteiger partial charge in [-0.1, -0.05) is 0 Å². The summed E-state index contributed by atoms with van der Waals surface area (Å²) in [5.74, 6) is 5.50. The number of thiazole rings is 1. The third kappa shape index (κ3) is 2.25. The van der Waals surface area contributed by atoms with Crippen LogP contribution in [-0.4, -0.2) is 28.6 Å². The van der Waals surface area contributed by atoms with Crippen LogP contribution in [0.2, 0.25) is 0 Å². The number of fused-ring (bicyclic) bond motifs is 1. The zero-order chi connectivity index (χ0) is 11.5. The Morgan fingerprint density at radius 3 is 3.12 bits per heavy atom. The summed E-state index contributed by atoms with van der Waals surface area (Å²) in [6.07, 6.45) is 4.85. The lowest BCUT2D eigenvalue weighted by molar-refractivity contribution is 0.0828. The largest absolute Gasteiger partial charge is 0.380 e. The highest BCUT2D eigenvalue weighted by Crippen LogP contribution is 2.13. The van der Waals surface area contributed by atoms with Crippen molar-refractivity contribution in [2.45, 2.75) is 25.5 Å². The molecule has 0 saturated heterocycles. The van der Waals surface area contributed by atoms with Crippen LogP contribution in [-0.2, 0) is 11.2 Å². The third-order valence-corrected chi connectivity index (χ3v) is 3.50. The first kappa shape index (κ1) is 11.5. The zero-order valence-electron chi connectivity index (χ0n) is 9.38. The van der Waals surface area contributed by atoms with E-state index in [1.165, 1.54) is 0 Å². The quantitative estimate of drug-likeness (QED) is 0.599. The number of rotatable bonds is 5. The second-order valence-electron chi connectivity index (χ2n) is 3.74. The number of ether oxygens (including phenoxy) is 1. The van der Waals surface area contributed by atoms with Gasteiger partial charge in [0.2, 0.25) is 0 Å². The van der Waals surface area contributed by atoms with Crippen LogP contribution >= 0.6 is 11.3 Å². The summed E-state index contributed by atoms with van der Waals surface area (Å²) in [5.41, 5.74) is 3.79. The molecule has 0 spiro atoms. The highest BCUT2D eigenvalue weighted by atomic mass is 32.1. The van der Waals surface area contributed by atoms with Crippen molar-refractivity contribution in [3.8, 4) is 0 Å². The molecule has 5 nitrogen and oxygen atoms in total. The van der Waals surface area contributed by atoms with Crippen molar-refractivity contribution in [1.82, 2.24) is 14.8 Å². The molecule has 2 rings (SSSR count). The Morgan fingerprint density at radius 2 is 2.50 bits per heavy atom. The molecule has 88 valence electrons. The summed E-state index contributed by atoms with van der Waals surface area (Å²) in [7, 11) is 1.68. The van der Waals surface area contributed by atoms with Crippen LogP contribution in [0.3, 0.4) is 0 Å². The van der Waals surface area contributed by atoms with Crippen LogP contribution in [0.5, 0.6) is 0 Å². The molecule has 0 bridgehead atoms. The summed E-state index contributed by atoms with van der Waals surface area (Å²) < 4.78 is 7.28. The molecule has 0 aliphatic heterocycles. The topological polar surface area (TPSA) is 64.6 Å². The summed E-state index contributed by atoms with van der Waals surface area (Å²) in [4.78, 5) is 5.52. The van der Waals surface area contributed by atoms with Crippen molar-refractivity contribution in [2.24, 2.45) is 5.84 Å². The van der Waals surface area contributed by atoms with Crippen molar-refractivity contribution < 1.29 is 4.74 Å². The van der Waals surface area contributed by atoms with E-state index in [2.05, 4.69) is 10.4 Å². The highest BCUT2D eigenvalue weighted by molar-refractivity contribution is 7.15. The molecular weight excluding hydrogens is 224 g/mol. The molecule has 2 heterocycles. The Labute approximate surface area is 98.2 Å². The van der Waals surface area contributed by atoms with Crippen molar-refractivity contribution in [3.63, 3.8) is 0 Å². The predicted octanol–water partition coefficient (Wildman–Crippen LogP) is 0.805. The number of hydrazine groups is 1. The summed E-state index contributed by atoms with van der Waals surface area (Å²) in [6.45, 7) is 1.99. The van der Waals surface area contributed by atoms with Crippen LogP contribution in [0.1, 0.15) is 12.6 Å². The molecule has 6 heteroatoms. The van der Waals surface area contributed by atoms with E-state index >= 15 is 0 Å². The molecule has 0 saturated carbocycles. The van der Waals surface area contributed by atoms with E-state index in [1.807, 2.05) is 29.1 Å². The standard InChI is InChI=1S/C10H16N4OS/c1-7(15-2)9(13-11)5-8-6-14-3-4-16-10(14)12-8/h3-4,6-7,9,13H,5,11H2,1-2H3. The maximum absolute atomic E-state index is 5.50. The number of methoxy groups -OCH3 is 1. The van der Waals surface area contributed by atoms with Crippen LogP contribution in [0, 0.1) is 0 Å². The summed E-state index contributed by atoms with van der Waals surface area (Å²) >= 11 is 1.63. The summed E-state index contributed by atoms with van der Waals surface area (Å²) in [5, 5.41) is 2.02. The van der Waals surface area contributed by atoms with E-state index in [9.17, 15) is 0 Å². The fourth-order valence-electron chi connectivity index (χ4n) is 1.62. The average molecular weight is 240 g/mol. The van der Waals surface area contributed by atoms with E-state index in [1.54, 1.807) is 18.4 Å². The van der Waals surface area contributed by atoms with Gasteiger partial charge in [-0.15, -0.1) is 11.3 Å². The van der Waals surface area contributed by atoms with Crippen molar-refractivity contribution in [1.29, 1.82) is 0 Å². The number of nitrogens with two attached hydrogens (primary N) is 1. The van der Waals surface area contributed by atoms with Crippen LogP contribution in [0.4, 0.5) is 0 Å². The molecule has 2 aromatic heterocycles. The van der Waals surface area contributed by atoms with Gasteiger partial charge in [0.1, 0.15) is 0 Å². The lowest BCUT2D eigenvalue weighted by Gasteiger charge is -2.20. The molecule has 2 unspecified atom stereocenters. The second-order valence-corrected chi connectivity index (χ2v) is 4.62. The molecule has 0 aromatic carbocycles. The van der Waals surface area contributed by atoms with Gasteiger partial charge in [-0.05, 0) is 6.92 Å². The Kier molecular flexibility index (Phi) is 3.55. The maximum atomic E-state index is 5.50. The molecule has 0 radical (unpaired) electrons. The van der Waals surface area contributed by atoms with Gasteiger partial charge in [0, 0.05) is 31.3 Å². The fourth-order valence-corrected chi connectivity index (χ4v) is 2.34. The van der Waals surface area contributed by atoms with Gasteiger partial charge in [-0.3, -0.25) is 15.7 Å². The first-order valence-corrected chi connectivity index (χ1v) is 6.02. The molecule has 0 aliphatic carbocycles. The lowest BCUT2D eigenvalue weighted by atomic mass is 10.1. The van der Waals surface area contributed by atoms with Crippen LogP contribution in [0.15, 0.2) is 17.8 Å². The average Bonchev–Trinajstić information content (AvgIpc) is 2.84. The van der Waals surface area contributed by atoms with Gasteiger partial charge in [0.15, 0.2) is 4.96 Å². The Morgan fingerprint density at radius 1 is 1.69 bits per heavy atom. The molecule has 0 amide bonds. The van der Waals surface area contributed by atoms with Crippen molar-refractivity contribution in [2.75, 3.05) is 7.11 Å². The van der Waals surface area contributed by atoms with Gasteiger partial charge in [0.05, 0.1) is 17.8 Å². The number of hydrogen-bond acceptors (Lipinski definition) is 5. The lowest BCUT2D eigenvalue weighted by Crippen LogP contribution is -2.45. The van der Waals surface area contributed by atoms with Crippen LogP contribution in [0.25, 0.3) is 4.96 Å². The monoisotopic (exact) mass is 240 g/mol. The predicted molar refractivity (Wildman–Crippen MR) is 64.4 cm³/mol. The SMILES string of the molecule is COC(C)C(Cc1cn2ccsc2n1)NN. The van der Waals surface area contributed by atoms with Gasteiger partial charge in [-0.25, -0.2) is 4.98 Å². The molecule has 3 N–H and O–H groups in total. The Bertz CT molecular complexity index is 424. The molecule has 2 atom stereocenters. The number of nitrogens with zero attached hydrogens (tertiary/aromatic N) is 2. The maximum Gasteiger partial charge on any atom is 0.193 e. The fraction of sp³-hybridized carbons (Fsp3) is 0.500. The van der Waals surface area contributed by atoms with Crippen molar-refractivity contribution >= 4 is 16.3 Å². The minimum Gasteiger partial charge on any atom is -0.380 e. The number of imidazole rings is 1. The van der Waals surface area contributed by atoms with E-state index < -0.39 is 0 Å². The first-order chi connectivity index (χ1) is 7.74. The van der Waals surface area contributed by atoms with E-state index in [-0.39, 0.29) is 12.1 Å². The van der Waals surface area contributed by atoms with Gasteiger partial charge < -0.3 is 4.74 Å². The van der Waals surface area contributed by atoms with E-state index in [0.29, 0.717) is 0 Å². The molecule has 0 aliphatic rings. The number of hydrogen-bond donors (Lipinski definition) is 2. The van der Waals surface area contributed by atoms with Gasteiger partial charge in [-0.2, -0.15) is 0 Å². The number of aromatic nitrogens is 2. The van der Waals surface area contributed by atoms with Crippen LogP contribution < -0.4 is 11.3 Å². The number of nitrogens with one attached hydrogen (secondary N) is 1. The normalized spacial score (nSPS) is 15.4. The molecule has 0 fully saturated rings.